The van der Waals surface area contributed by atoms with Crippen molar-refractivity contribution in [2.24, 2.45) is 0 Å². The number of rotatable bonds is 8. The highest BCUT2D eigenvalue weighted by atomic mass is 32.2. The standard InChI is InChI=1S/C22H24N2O7S/c1-29-19-8-5-17(6-9-19)7-10-22(26)31-16-21(25)23-18-3-2-4-20(15-18)32(27,28)24-11-13-30-14-12-24/h2-10,15H,11-14,16H2,1H3,(H,23,25)/b10-7+. The molecule has 2 aromatic carbocycles. The van der Waals surface area contributed by atoms with E-state index in [2.05, 4.69) is 5.32 Å². The van der Waals surface area contributed by atoms with Gasteiger partial charge < -0.3 is 19.5 Å². The first-order chi connectivity index (χ1) is 15.4. The van der Waals surface area contributed by atoms with Crippen molar-refractivity contribution in [3.05, 3.63) is 60.2 Å². The lowest BCUT2D eigenvalue weighted by molar-refractivity contribution is -0.142. The molecule has 0 atom stereocenters. The quantitative estimate of drug-likeness (QED) is 0.473. The van der Waals surface area contributed by atoms with Crippen molar-refractivity contribution in [3.8, 4) is 5.75 Å². The van der Waals surface area contributed by atoms with Gasteiger partial charge in [-0.05, 0) is 42.0 Å². The fourth-order valence-electron chi connectivity index (χ4n) is 2.93. The summed E-state index contributed by atoms with van der Waals surface area (Å²) in [6.07, 6.45) is 2.77. The van der Waals surface area contributed by atoms with Gasteiger partial charge in [-0.2, -0.15) is 4.31 Å². The fraction of sp³-hybridized carbons (Fsp3) is 0.273. The Morgan fingerprint density at radius 2 is 1.84 bits per heavy atom. The lowest BCUT2D eigenvalue weighted by atomic mass is 10.2. The molecule has 170 valence electrons. The molecule has 0 radical (unpaired) electrons. The number of morpholine rings is 1. The summed E-state index contributed by atoms with van der Waals surface area (Å²) < 4.78 is 42.0. The molecule has 9 nitrogen and oxygen atoms in total. The molecular formula is C22H24N2O7S. The van der Waals surface area contributed by atoms with Gasteiger partial charge in [0.1, 0.15) is 5.75 Å². The number of ether oxygens (including phenoxy) is 3. The molecule has 0 aliphatic carbocycles. The fourth-order valence-corrected chi connectivity index (χ4v) is 4.39. The summed E-state index contributed by atoms with van der Waals surface area (Å²) >= 11 is 0. The van der Waals surface area contributed by atoms with E-state index in [-0.39, 0.29) is 23.7 Å². The molecule has 0 spiro atoms. The second-order valence-corrected chi connectivity index (χ2v) is 8.74. The van der Waals surface area contributed by atoms with Crippen LogP contribution in [-0.4, -0.2) is 64.6 Å². The van der Waals surface area contributed by atoms with Crippen LogP contribution in [0.25, 0.3) is 6.08 Å². The highest BCUT2D eigenvalue weighted by Crippen LogP contribution is 2.20. The Bertz CT molecular complexity index is 1080. The van der Waals surface area contributed by atoms with E-state index in [4.69, 9.17) is 14.2 Å². The number of anilines is 1. The molecule has 1 saturated heterocycles. The van der Waals surface area contributed by atoms with E-state index in [1.807, 2.05) is 0 Å². The van der Waals surface area contributed by atoms with Crippen molar-refractivity contribution in [2.75, 3.05) is 45.3 Å². The summed E-state index contributed by atoms with van der Waals surface area (Å²) in [5.74, 6) is -0.569. The molecule has 32 heavy (non-hydrogen) atoms. The monoisotopic (exact) mass is 460 g/mol. The highest BCUT2D eigenvalue weighted by molar-refractivity contribution is 7.89. The van der Waals surface area contributed by atoms with E-state index in [0.29, 0.717) is 19.0 Å². The van der Waals surface area contributed by atoms with E-state index >= 15 is 0 Å². The maximum Gasteiger partial charge on any atom is 0.331 e. The van der Waals surface area contributed by atoms with Crippen molar-refractivity contribution >= 4 is 33.7 Å². The first-order valence-electron chi connectivity index (χ1n) is 9.85. The number of hydrogen-bond acceptors (Lipinski definition) is 7. The molecule has 2 aromatic rings. The van der Waals surface area contributed by atoms with Crippen LogP contribution in [0.2, 0.25) is 0 Å². The minimum absolute atomic E-state index is 0.0663. The van der Waals surface area contributed by atoms with Gasteiger partial charge in [0.05, 0.1) is 25.2 Å². The smallest absolute Gasteiger partial charge is 0.331 e. The van der Waals surface area contributed by atoms with Crippen LogP contribution < -0.4 is 10.1 Å². The number of amides is 1. The van der Waals surface area contributed by atoms with Crippen LogP contribution in [0, 0.1) is 0 Å². The Balaban J connectivity index is 1.52. The average Bonchev–Trinajstić information content (AvgIpc) is 2.82. The van der Waals surface area contributed by atoms with Crippen LogP contribution in [0.5, 0.6) is 5.75 Å². The number of nitrogens with zero attached hydrogens (tertiary/aromatic N) is 1. The summed E-state index contributed by atoms with van der Waals surface area (Å²) in [5, 5.41) is 2.54. The SMILES string of the molecule is COc1ccc(/C=C/C(=O)OCC(=O)Nc2cccc(S(=O)(=O)N3CCOCC3)c2)cc1. The summed E-state index contributed by atoms with van der Waals surface area (Å²) in [7, 11) is -2.12. The third-order valence-electron chi connectivity index (χ3n) is 4.60. The minimum atomic E-state index is -3.68. The Morgan fingerprint density at radius 3 is 2.53 bits per heavy atom. The predicted molar refractivity (Wildman–Crippen MR) is 118 cm³/mol. The molecule has 1 heterocycles. The normalized spacial score (nSPS) is 14.8. The Labute approximate surface area is 186 Å². The Kier molecular flexibility index (Phi) is 7.98. The van der Waals surface area contributed by atoms with E-state index in [9.17, 15) is 18.0 Å². The van der Waals surface area contributed by atoms with Crippen LogP contribution in [0.4, 0.5) is 5.69 Å². The number of carbonyl (C=O) groups is 2. The van der Waals surface area contributed by atoms with Crippen LogP contribution in [-0.2, 0) is 29.1 Å². The van der Waals surface area contributed by atoms with Crippen molar-refractivity contribution in [2.45, 2.75) is 4.90 Å². The molecule has 1 amide bonds. The molecule has 0 bridgehead atoms. The zero-order valence-corrected chi connectivity index (χ0v) is 18.3. The molecule has 1 N–H and O–H groups in total. The predicted octanol–water partition coefficient (Wildman–Crippen LogP) is 1.91. The van der Waals surface area contributed by atoms with Crippen molar-refractivity contribution < 1.29 is 32.2 Å². The van der Waals surface area contributed by atoms with Gasteiger partial charge in [-0.25, -0.2) is 13.2 Å². The van der Waals surface area contributed by atoms with Crippen molar-refractivity contribution in [1.82, 2.24) is 4.31 Å². The van der Waals surface area contributed by atoms with Crippen LogP contribution in [0.15, 0.2) is 59.5 Å². The summed E-state index contributed by atoms with van der Waals surface area (Å²) in [5.41, 5.74) is 1.06. The van der Waals surface area contributed by atoms with E-state index < -0.39 is 28.5 Å². The molecular weight excluding hydrogens is 436 g/mol. The first-order valence-corrected chi connectivity index (χ1v) is 11.3. The van der Waals surface area contributed by atoms with Crippen molar-refractivity contribution in [3.63, 3.8) is 0 Å². The summed E-state index contributed by atoms with van der Waals surface area (Å²) in [4.78, 5) is 24.0. The molecule has 10 heteroatoms. The number of methoxy groups -OCH3 is 1. The van der Waals surface area contributed by atoms with Crippen molar-refractivity contribution in [1.29, 1.82) is 0 Å². The van der Waals surface area contributed by atoms with Crippen LogP contribution in [0.1, 0.15) is 5.56 Å². The zero-order valence-electron chi connectivity index (χ0n) is 17.5. The summed E-state index contributed by atoms with van der Waals surface area (Å²) in [6.45, 7) is 0.728. The summed E-state index contributed by atoms with van der Waals surface area (Å²) in [6, 6.07) is 13.0. The number of hydrogen-bond donors (Lipinski definition) is 1. The van der Waals surface area contributed by atoms with E-state index in [1.54, 1.807) is 43.5 Å². The minimum Gasteiger partial charge on any atom is -0.497 e. The van der Waals surface area contributed by atoms with Gasteiger partial charge in [0.15, 0.2) is 6.61 Å². The van der Waals surface area contributed by atoms with Gasteiger partial charge in [0.2, 0.25) is 10.0 Å². The number of nitrogens with one attached hydrogen (secondary N) is 1. The number of benzene rings is 2. The molecule has 1 aliphatic heterocycles. The van der Waals surface area contributed by atoms with Gasteiger partial charge in [0.25, 0.3) is 5.91 Å². The number of esters is 1. The maximum absolute atomic E-state index is 12.7. The highest BCUT2D eigenvalue weighted by Gasteiger charge is 2.26. The van der Waals surface area contributed by atoms with Gasteiger partial charge in [-0.3, -0.25) is 4.79 Å². The Morgan fingerprint density at radius 1 is 1.12 bits per heavy atom. The third kappa shape index (κ3) is 6.39. The van der Waals surface area contributed by atoms with Gasteiger partial charge in [-0.15, -0.1) is 0 Å². The molecule has 3 rings (SSSR count). The topological polar surface area (TPSA) is 111 Å². The Hall–Kier alpha value is -3.21. The molecule has 0 aromatic heterocycles. The van der Waals surface area contributed by atoms with Crippen LogP contribution >= 0.6 is 0 Å². The van der Waals surface area contributed by atoms with E-state index in [0.717, 1.165) is 5.56 Å². The third-order valence-corrected chi connectivity index (χ3v) is 6.49. The largest absolute Gasteiger partial charge is 0.497 e. The zero-order chi connectivity index (χ0) is 23.0. The van der Waals surface area contributed by atoms with Gasteiger partial charge in [0, 0.05) is 24.9 Å². The lowest BCUT2D eigenvalue weighted by Gasteiger charge is -2.26. The van der Waals surface area contributed by atoms with Gasteiger partial charge >= 0.3 is 5.97 Å². The van der Waals surface area contributed by atoms with Crippen LogP contribution in [0.3, 0.4) is 0 Å². The molecule has 1 aliphatic rings. The average molecular weight is 461 g/mol. The second-order valence-electron chi connectivity index (χ2n) is 6.81. The lowest BCUT2D eigenvalue weighted by Crippen LogP contribution is -2.40. The first kappa shape index (κ1) is 23.5. The molecule has 0 saturated carbocycles. The second kappa shape index (κ2) is 10.9. The van der Waals surface area contributed by atoms with E-state index in [1.165, 1.54) is 28.6 Å². The molecule has 0 unspecified atom stereocenters. The number of sulfonamides is 1. The maximum atomic E-state index is 12.7. The van der Waals surface area contributed by atoms with Gasteiger partial charge in [-0.1, -0.05) is 18.2 Å². The number of carbonyl (C=O) groups excluding carboxylic acids is 2. The molecule has 1 fully saturated rings.